The van der Waals surface area contributed by atoms with Gasteiger partial charge >= 0.3 is 0 Å². The summed E-state index contributed by atoms with van der Waals surface area (Å²) >= 11 is 12.1. The number of anilines is 3. The number of rotatable bonds is 3. The van der Waals surface area contributed by atoms with Gasteiger partial charge in [0.15, 0.2) is 0 Å². The molecule has 0 radical (unpaired) electrons. The molecular formula is C13H11Cl2N3O2. The summed E-state index contributed by atoms with van der Waals surface area (Å²) in [5, 5.41) is 14.8. The Balaban J connectivity index is 2.40. The van der Waals surface area contributed by atoms with Crippen molar-refractivity contribution in [3.63, 3.8) is 0 Å². The predicted molar refractivity (Wildman–Crippen MR) is 82.0 cm³/mol. The highest BCUT2D eigenvalue weighted by atomic mass is 35.5. The third kappa shape index (κ3) is 3.12. The van der Waals surface area contributed by atoms with Crippen molar-refractivity contribution in [1.82, 2.24) is 0 Å². The zero-order valence-electron chi connectivity index (χ0n) is 10.5. The third-order valence-corrected chi connectivity index (χ3v) is 3.40. The lowest BCUT2D eigenvalue weighted by atomic mass is 10.2. The molecule has 0 fully saturated rings. The first-order valence-electron chi connectivity index (χ1n) is 5.64. The maximum atomic E-state index is 10.8. The van der Waals surface area contributed by atoms with E-state index in [1.54, 1.807) is 18.2 Å². The minimum absolute atomic E-state index is 0.0955. The number of non-ortho nitro benzene ring substituents is 1. The van der Waals surface area contributed by atoms with Crippen LogP contribution in [0.4, 0.5) is 22.7 Å². The number of benzene rings is 2. The van der Waals surface area contributed by atoms with Crippen LogP contribution in [0.1, 0.15) is 5.56 Å². The van der Waals surface area contributed by atoms with Crippen LogP contribution < -0.4 is 11.1 Å². The molecule has 0 amide bonds. The number of nitrogens with two attached hydrogens (primary N) is 1. The van der Waals surface area contributed by atoms with Gasteiger partial charge in [0.05, 0.1) is 15.6 Å². The highest BCUT2D eigenvalue weighted by Gasteiger charge is 2.10. The highest BCUT2D eigenvalue weighted by Crippen LogP contribution is 2.32. The van der Waals surface area contributed by atoms with Gasteiger partial charge in [0.1, 0.15) is 0 Å². The molecule has 0 unspecified atom stereocenters. The summed E-state index contributed by atoms with van der Waals surface area (Å²) < 4.78 is 0. The second-order valence-corrected chi connectivity index (χ2v) is 5.09. The maximum absolute atomic E-state index is 10.8. The zero-order chi connectivity index (χ0) is 14.9. The van der Waals surface area contributed by atoms with Crippen molar-refractivity contribution in [2.75, 3.05) is 11.1 Å². The van der Waals surface area contributed by atoms with Gasteiger partial charge < -0.3 is 11.1 Å². The summed E-state index contributed by atoms with van der Waals surface area (Å²) in [7, 11) is 0. The molecule has 7 heteroatoms. The first-order valence-corrected chi connectivity index (χ1v) is 6.40. The van der Waals surface area contributed by atoms with E-state index in [2.05, 4.69) is 5.32 Å². The number of nitrogen functional groups attached to an aromatic ring is 1. The molecule has 0 bridgehead atoms. The monoisotopic (exact) mass is 311 g/mol. The summed E-state index contributed by atoms with van der Waals surface area (Å²) in [5.41, 5.74) is 7.71. The molecule has 0 aromatic heterocycles. The van der Waals surface area contributed by atoms with E-state index in [0.717, 1.165) is 5.56 Å². The van der Waals surface area contributed by atoms with Crippen molar-refractivity contribution in [2.24, 2.45) is 0 Å². The van der Waals surface area contributed by atoms with Gasteiger partial charge in [0.25, 0.3) is 5.69 Å². The van der Waals surface area contributed by atoms with Gasteiger partial charge in [0, 0.05) is 28.5 Å². The van der Waals surface area contributed by atoms with Crippen LogP contribution in [0, 0.1) is 17.0 Å². The smallest absolute Gasteiger partial charge is 0.273 e. The molecule has 20 heavy (non-hydrogen) atoms. The number of nitrogens with zero attached hydrogens (tertiary/aromatic N) is 1. The fourth-order valence-corrected chi connectivity index (χ4v) is 2.14. The van der Waals surface area contributed by atoms with E-state index in [9.17, 15) is 10.1 Å². The van der Waals surface area contributed by atoms with Crippen LogP contribution >= 0.6 is 23.2 Å². The van der Waals surface area contributed by atoms with Crippen molar-refractivity contribution in [3.05, 3.63) is 56.1 Å². The zero-order valence-corrected chi connectivity index (χ0v) is 12.0. The Morgan fingerprint density at radius 3 is 2.50 bits per heavy atom. The molecule has 104 valence electrons. The number of nitro groups is 1. The number of nitro benzene ring substituents is 1. The second kappa shape index (κ2) is 5.56. The quantitative estimate of drug-likeness (QED) is 0.495. The molecule has 0 saturated carbocycles. The van der Waals surface area contributed by atoms with Crippen molar-refractivity contribution >= 4 is 46.0 Å². The lowest BCUT2D eigenvalue weighted by Gasteiger charge is -2.11. The summed E-state index contributed by atoms with van der Waals surface area (Å²) in [6, 6.07) is 7.62. The van der Waals surface area contributed by atoms with Crippen molar-refractivity contribution in [3.8, 4) is 0 Å². The van der Waals surface area contributed by atoms with Crippen molar-refractivity contribution in [1.29, 1.82) is 0 Å². The maximum Gasteiger partial charge on any atom is 0.273 e. The Morgan fingerprint density at radius 1 is 1.15 bits per heavy atom. The number of halogens is 2. The fourth-order valence-electron chi connectivity index (χ4n) is 1.71. The average Bonchev–Trinajstić information content (AvgIpc) is 2.35. The van der Waals surface area contributed by atoms with Crippen LogP contribution in [0.3, 0.4) is 0 Å². The Bertz CT molecular complexity index is 690. The molecule has 0 heterocycles. The van der Waals surface area contributed by atoms with Gasteiger partial charge in [0.2, 0.25) is 0 Å². The van der Waals surface area contributed by atoms with E-state index in [4.69, 9.17) is 28.9 Å². The molecule has 2 aromatic carbocycles. The minimum atomic E-state index is -0.509. The molecule has 2 rings (SSSR count). The van der Waals surface area contributed by atoms with E-state index in [1.165, 1.54) is 12.1 Å². The van der Waals surface area contributed by atoms with E-state index in [0.29, 0.717) is 21.4 Å². The van der Waals surface area contributed by atoms with Crippen molar-refractivity contribution in [2.45, 2.75) is 6.92 Å². The van der Waals surface area contributed by atoms with Gasteiger partial charge in [-0.2, -0.15) is 0 Å². The van der Waals surface area contributed by atoms with Gasteiger partial charge in [-0.1, -0.05) is 23.2 Å². The van der Waals surface area contributed by atoms with E-state index in [-0.39, 0.29) is 11.4 Å². The van der Waals surface area contributed by atoms with Gasteiger partial charge in [-0.3, -0.25) is 10.1 Å². The fraction of sp³-hybridized carbons (Fsp3) is 0.0769. The van der Waals surface area contributed by atoms with Crippen LogP contribution in [0.15, 0.2) is 30.3 Å². The first-order chi connectivity index (χ1) is 9.36. The molecule has 0 aliphatic rings. The predicted octanol–water partition coefficient (Wildman–Crippen LogP) is 4.54. The lowest BCUT2D eigenvalue weighted by molar-refractivity contribution is -0.384. The van der Waals surface area contributed by atoms with Gasteiger partial charge in [-0.15, -0.1) is 0 Å². The van der Waals surface area contributed by atoms with E-state index < -0.39 is 4.92 Å². The van der Waals surface area contributed by atoms with Crippen LogP contribution in [0.2, 0.25) is 10.0 Å². The molecule has 0 aliphatic carbocycles. The summed E-state index contributed by atoms with van der Waals surface area (Å²) in [6.07, 6.45) is 0. The van der Waals surface area contributed by atoms with Crippen molar-refractivity contribution < 1.29 is 4.92 Å². The normalized spacial score (nSPS) is 10.3. The summed E-state index contributed by atoms with van der Waals surface area (Å²) in [6.45, 7) is 1.84. The molecule has 0 saturated heterocycles. The van der Waals surface area contributed by atoms with E-state index >= 15 is 0 Å². The number of nitrogens with one attached hydrogen (secondary N) is 1. The molecular weight excluding hydrogens is 301 g/mol. The third-order valence-electron chi connectivity index (χ3n) is 2.68. The minimum Gasteiger partial charge on any atom is -0.398 e. The Morgan fingerprint density at radius 2 is 1.85 bits per heavy atom. The molecule has 5 nitrogen and oxygen atoms in total. The molecule has 0 atom stereocenters. The number of hydrogen-bond donors (Lipinski definition) is 2. The summed E-state index contributed by atoms with van der Waals surface area (Å²) in [5.74, 6) is 0. The van der Waals surface area contributed by atoms with E-state index in [1.807, 2.05) is 6.92 Å². The highest BCUT2D eigenvalue weighted by molar-refractivity contribution is 6.35. The van der Waals surface area contributed by atoms with Crippen LogP contribution in [0.25, 0.3) is 0 Å². The Hall–Kier alpha value is -1.98. The van der Waals surface area contributed by atoms with Gasteiger partial charge in [-0.05, 0) is 30.7 Å². The largest absolute Gasteiger partial charge is 0.398 e. The van der Waals surface area contributed by atoms with Gasteiger partial charge in [-0.25, -0.2) is 0 Å². The second-order valence-electron chi connectivity index (χ2n) is 4.28. The first kappa shape index (κ1) is 14.4. The summed E-state index contributed by atoms with van der Waals surface area (Å²) in [4.78, 5) is 10.3. The van der Waals surface area contributed by atoms with Crippen LogP contribution in [0.5, 0.6) is 0 Å². The molecule has 0 aliphatic heterocycles. The molecule has 3 N–H and O–H groups in total. The Labute approximate surface area is 125 Å². The Kier molecular flexibility index (Phi) is 4.01. The average molecular weight is 312 g/mol. The standard InChI is InChI=1S/C13H11Cl2N3O2/c1-7-2-12(15)13(6-11(7)14)17-9-3-8(16)4-10(5-9)18(19)20/h2-6,17H,16H2,1H3. The topological polar surface area (TPSA) is 81.2 Å². The lowest BCUT2D eigenvalue weighted by Crippen LogP contribution is -1.97. The van der Waals surface area contributed by atoms with Crippen LogP contribution in [-0.4, -0.2) is 4.92 Å². The van der Waals surface area contributed by atoms with Crippen LogP contribution in [-0.2, 0) is 0 Å². The number of aryl methyl sites for hydroxylation is 1. The SMILES string of the molecule is Cc1cc(Cl)c(Nc2cc(N)cc([N+](=O)[O-])c2)cc1Cl. The number of hydrogen-bond acceptors (Lipinski definition) is 4. The molecule has 0 spiro atoms. The molecule has 2 aromatic rings.